The van der Waals surface area contributed by atoms with Gasteiger partial charge in [0.1, 0.15) is 0 Å². The minimum absolute atomic E-state index is 0.0360. The van der Waals surface area contributed by atoms with Crippen molar-refractivity contribution in [3.63, 3.8) is 0 Å². The van der Waals surface area contributed by atoms with E-state index in [-0.39, 0.29) is 5.69 Å². The molecule has 0 amide bonds. The molecule has 2 rings (SSSR count). The molecular formula is C11H15N3O2. The summed E-state index contributed by atoms with van der Waals surface area (Å²) in [5.74, 6) is 0.851. The number of anilines is 2. The average Bonchev–Trinajstić information content (AvgIpc) is 3.01. The van der Waals surface area contributed by atoms with Gasteiger partial charge in [-0.3, -0.25) is 10.1 Å². The maximum absolute atomic E-state index is 10.6. The fraction of sp³-hybridized carbons (Fsp3) is 0.455. The highest BCUT2D eigenvalue weighted by Crippen LogP contribution is 2.32. The Labute approximate surface area is 93.8 Å². The second kappa shape index (κ2) is 4.38. The largest absolute Gasteiger partial charge is 0.398 e. The van der Waals surface area contributed by atoms with Crippen LogP contribution in [0.1, 0.15) is 19.3 Å². The summed E-state index contributed by atoms with van der Waals surface area (Å²) in [5.41, 5.74) is 6.78. The Morgan fingerprint density at radius 2 is 2.19 bits per heavy atom. The number of hydrogen-bond acceptors (Lipinski definition) is 4. The van der Waals surface area contributed by atoms with Gasteiger partial charge in [0.25, 0.3) is 5.69 Å². The van der Waals surface area contributed by atoms with Gasteiger partial charge < -0.3 is 11.1 Å². The molecule has 1 aliphatic carbocycles. The summed E-state index contributed by atoms with van der Waals surface area (Å²) < 4.78 is 0. The zero-order valence-electron chi connectivity index (χ0n) is 8.98. The van der Waals surface area contributed by atoms with Crippen LogP contribution in [0.5, 0.6) is 0 Å². The lowest BCUT2D eigenvalue weighted by Gasteiger charge is -2.06. The molecule has 5 nitrogen and oxygen atoms in total. The molecule has 0 heterocycles. The Morgan fingerprint density at radius 1 is 1.44 bits per heavy atom. The van der Waals surface area contributed by atoms with Crippen LogP contribution in [0.2, 0.25) is 0 Å². The number of non-ortho nitro benzene ring substituents is 1. The second-order valence-corrected chi connectivity index (χ2v) is 4.23. The number of rotatable bonds is 5. The number of nitrogens with one attached hydrogen (secondary N) is 1. The zero-order chi connectivity index (χ0) is 11.5. The van der Waals surface area contributed by atoms with E-state index in [4.69, 9.17) is 5.73 Å². The Hall–Kier alpha value is -1.78. The third kappa shape index (κ3) is 2.85. The van der Waals surface area contributed by atoms with Crippen molar-refractivity contribution in [2.75, 3.05) is 17.6 Å². The standard InChI is InChI=1S/C11H15N3O2/c12-9-5-10(7-11(6-9)14(15)16)13-4-3-8-1-2-8/h5-8,13H,1-4,12H2. The van der Waals surface area contributed by atoms with Gasteiger partial charge in [-0.2, -0.15) is 0 Å². The van der Waals surface area contributed by atoms with E-state index in [1.165, 1.54) is 25.0 Å². The minimum atomic E-state index is -0.428. The zero-order valence-corrected chi connectivity index (χ0v) is 8.98. The van der Waals surface area contributed by atoms with Crippen LogP contribution >= 0.6 is 0 Å². The molecule has 0 saturated heterocycles. The molecule has 0 unspecified atom stereocenters. The first-order valence-electron chi connectivity index (χ1n) is 5.44. The maximum atomic E-state index is 10.6. The van der Waals surface area contributed by atoms with E-state index < -0.39 is 4.92 Å². The summed E-state index contributed by atoms with van der Waals surface area (Å²) in [6.45, 7) is 0.852. The molecular weight excluding hydrogens is 206 g/mol. The summed E-state index contributed by atoms with van der Waals surface area (Å²) in [6.07, 6.45) is 3.76. The SMILES string of the molecule is Nc1cc(NCCC2CC2)cc([N+](=O)[O-])c1. The molecule has 16 heavy (non-hydrogen) atoms. The Morgan fingerprint density at radius 3 is 2.81 bits per heavy atom. The Balaban J connectivity index is 1.98. The van der Waals surface area contributed by atoms with Gasteiger partial charge in [-0.15, -0.1) is 0 Å². The first-order chi connectivity index (χ1) is 7.65. The molecule has 1 fully saturated rings. The lowest BCUT2D eigenvalue weighted by molar-refractivity contribution is -0.384. The summed E-state index contributed by atoms with van der Waals surface area (Å²) in [5, 5.41) is 13.8. The van der Waals surface area contributed by atoms with Crippen molar-refractivity contribution in [2.45, 2.75) is 19.3 Å². The molecule has 1 aliphatic rings. The van der Waals surface area contributed by atoms with E-state index in [0.717, 1.165) is 24.6 Å². The monoisotopic (exact) mass is 221 g/mol. The average molecular weight is 221 g/mol. The Kier molecular flexibility index (Phi) is 2.94. The van der Waals surface area contributed by atoms with Crippen molar-refractivity contribution in [1.29, 1.82) is 0 Å². The number of nitro groups is 1. The van der Waals surface area contributed by atoms with E-state index in [0.29, 0.717) is 5.69 Å². The van der Waals surface area contributed by atoms with E-state index in [9.17, 15) is 10.1 Å². The summed E-state index contributed by atoms with van der Waals surface area (Å²) in [7, 11) is 0. The van der Waals surface area contributed by atoms with Gasteiger partial charge in [-0.05, 0) is 18.4 Å². The van der Waals surface area contributed by atoms with E-state index >= 15 is 0 Å². The molecule has 1 aromatic rings. The van der Waals surface area contributed by atoms with Gasteiger partial charge >= 0.3 is 0 Å². The van der Waals surface area contributed by atoms with Crippen LogP contribution in [0.25, 0.3) is 0 Å². The van der Waals surface area contributed by atoms with Crippen LogP contribution in [-0.2, 0) is 0 Å². The topological polar surface area (TPSA) is 81.2 Å². The number of hydrogen-bond donors (Lipinski definition) is 2. The summed E-state index contributed by atoms with van der Waals surface area (Å²) in [6, 6.07) is 4.61. The maximum Gasteiger partial charge on any atom is 0.273 e. The number of nitrogens with zero attached hydrogens (tertiary/aromatic N) is 1. The predicted molar refractivity (Wildman–Crippen MR) is 63.3 cm³/mol. The third-order valence-electron chi connectivity index (χ3n) is 2.73. The molecule has 0 bridgehead atoms. The van der Waals surface area contributed by atoms with Gasteiger partial charge in [0, 0.05) is 30.1 Å². The normalized spacial score (nSPS) is 14.8. The van der Waals surface area contributed by atoms with Crippen LogP contribution in [0.3, 0.4) is 0 Å². The number of benzene rings is 1. The first-order valence-corrected chi connectivity index (χ1v) is 5.44. The molecule has 86 valence electrons. The van der Waals surface area contributed by atoms with Crippen LogP contribution in [0.4, 0.5) is 17.1 Å². The van der Waals surface area contributed by atoms with Crippen molar-refractivity contribution < 1.29 is 4.92 Å². The molecule has 1 saturated carbocycles. The molecule has 0 aromatic heterocycles. The van der Waals surface area contributed by atoms with Crippen molar-refractivity contribution in [3.05, 3.63) is 28.3 Å². The van der Waals surface area contributed by atoms with Crippen molar-refractivity contribution in [3.8, 4) is 0 Å². The fourth-order valence-corrected chi connectivity index (χ4v) is 1.67. The first kappa shape index (κ1) is 10.7. The number of nitro benzene ring substituents is 1. The van der Waals surface area contributed by atoms with E-state index in [1.54, 1.807) is 6.07 Å². The van der Waals surface area contributed by atoms with Gasteiger partial charge in [-0.25, -0.2) is 0 Å². The molecule has 1 aromatic carbocycles. The van der Waals surface area contributed by atoms with E-state index in [2.05, 4.69) is 5.32 Å². The van der Waals surface area contributed by atoms with Crippen LogP contribution in [0, 0.1) is 16.0 Å². The molecule has 3 N–H and O–H groups in total. The van der Waals surface area contributed by atoms with Gasteiger partial charge in [0.2, 0.25) is 0 Å². The number of nitrogen functional groups attached to an aromatic ring is 1. The van der Waals surface area contributed by atoms with Crippen LogP contribution < -0.4 is 11.1 Å². The van der Waals surface area contributed by atoms with Gasteiger partial charge in [0.15, 0.2) is 0 Å². The van der Waals surface area contributed by atoms with Crippen molar-refractivity contribution in [2.24, 2.45) is 5.92 Å². The molecule has 0 aliphatic heterocycles. The van der Waals surface area contributed by atoms with Gasteiger partial charge in [0.05, 0.1) is 4.92 Å². The highest BCUT2D eigenvalue weighted by Gasteiger charge is 2.20. The smallest absolute Gasteiger partial charge is 0.273 e. The lowest BCUT2D eigenvalue weighted by Crippen LogP contribution is -2.03. The second-order valence-electron chi connectivity index (χ2n) is 4.23. The Bertz CT molecular complexity index is 402. The molecule has 0 atom stereocenters. The highest BCUT2D eigenvalue weighted by molar-refractivity contribution is 5.61. The summed E-state index contributed by atoms with van der Waals surface area (Å²) >= 11 is 0. The van der Waals surface area contributed by atoms with Gasteiger partial charge in [-0.1, -0.05) is 12.8 Å². The lowest BCUT2D eigenvalue weighted by atomic mass is 10.2. The third-order valence-corrected chi connectivity index (χ3v) is 2.73. The molecule has 0 spiro atoms. The van der Waals surface area contributed by atoms with Crippen molar-refractivity contribution >= 4 is 17.1 Å². The van der Waals surface area contributed by atoms with Crippen LogP contribution in [0.15, 0.2) is 18.2 Å². The fourth-order valence-electron chi connectivity index (χ4n) is 1.67. The predicted octanol–water partition coefficient (Wildman–Crippen LogP) is 2.39. The molecule has 0 radical (unpaired) electrons. The number of nitrogens with two attached hydrogens (primary N) is 1. The van der Waals surface area contributed by atoms with E-state index in [1.807, 2.05) is 0 Å². The summed E-state index contributed by atoms with van der Waals surface area (Å²) in [4.78, 5) is 10.2. The van der Waals surface area contributed by atoms with Crippen molar-refractivity contribution in [1.82, 2.24) is 0 Å². The quantitative estimate of drug-likeness (QED) is 0.454. The molecule has 5 heteroatoms. The minimum Gasteiger partial charge on any atom is -0.398 e. The highest BCUT2D eigenvalue weighted by atomic mass is 16.6. The van der Waals surface area contributed by atoms with Crippen LogP contribution in [-0.4, -0.2) is 11.5 Å².